The highest BCUT2D eigenvalue weighted by Gasteiger charge is 2.28. The Hall–Kier alpha value is -1.88. The predicted molar refractivity (Wildman–Crippen MR) is 77.0 cm³/mol. The van der Waals surface area contributed by atoms with Crippen LogP contribution in [-0.4, -0.2) is 30.1 Å². The summed E-state index contributed by atoms with van der Waals surface area (Å²) in [7, 11) is 0. The number of hydrogen-bond acceptors (Lipinski definition) is 3. The van der Waals surface area contributed by atoms with Crippen LogP contribution in [0.3, 0.4) is 0 Å². The van der Waals surface area contributed by atoms with Gasteiger partial charge in [-0.1, -0.05) is 6.92 Å². The molecule has 1 aromatic rings. The Bertz CT molecular complexity index is 550. The minimum atomic E-state index is -0.974. The second-order valence-corrected chi connectivity index (χ2v) is 5.47. The van der Waals surface area contributed by atoms with Crippen LogP contribution in [0.2, 0.25) is 0 Å². The summed E-state index contributed by atoms with van der Waals surface area (Å²) in [4.78, 5) is 23.3. The summed E-state index contributed by atoms with van der Waals surface area (Å²) in [5.74, 6) is -0.749. The van der Waals surface area contributed by atoms with Gasteiger partial charge in [0.05, 0.1) is 5.56 Å². The molecule has 1 saturated heterocycles. The lowest BCUT2D eigenvalue weighted by Gasteiger charge is -2.31. The van der Waals surface area contributed by atoms with E-state index in [0.29, 0.717) is 11.6 Å². The fraction of sp³-hybridized carbons (Fsp3) is 0.467. The van der Waals surface area contributed by atoms with Crippen molar-refractivity contribution in [2.24, 2.45) is 11.8 Å². The molecule has 0 aromatic heterocycles. The number of aryl methyl sites for hydroxylation is 1. The zero-order valence-electron chi connectivity index (χ0n) is 12.0. The monoisotopic (exact) mass is 276 g/mol. The molecule has 5 heteroatoms. The number of carbonyl (C=O) groups excluding carboxylic acids is 1. The zero-order chi connectivity index (χ0) is 14.9. The molecular formula is C15H20N2O3. The van der Waals surface area contributed by atoms with E-state index in [1.807, 2.05) is 19.9 Å². The van der Waals surface area contributed by atoms with Crippen LogP contribution in [0.5, 0.6) is 0 Å². The largest absolute Gasteiger partial charge is 0.478 e. The van der Waals surface area contributed by atoms with Crippen molar-refractivity contribution in [1.29, 1.82) is 0 Å². The Kier molecular flexibility index (Phi) is 4.09. The molecule has 1 aliphatic rings. The molecular weight excluding hydrogens is 256 g/mol. The van der Waals surface area contributed by atoms with Gasteiger partial charge in [0.25, 0.3) is 0 Å². The van der Waals surface area contributed by atoms with Crippen molar-refractivity contribution in [3.8, 4) is 0 Å². The molecule has 1 aromatic carbocycles. The van der Waals surface area contributed by atoms with Gasteiger partial charge < -0.3 is 15.7 Å². The quantitative estimate of drug-likeness (QED) is 0.783. The van der Waals surface area contributed by atoms with Crippen LogP contribution in [0.25, 0.3) is 0 Å². The summed E-state index contributed by atoms with van der Waals surface area (Å²) in [5, 5.41) is 15.1. The zero-order valence-corrected chi connectivity index (χ0v) is 12.0. The molecule has 1 aliphatic heterocycles. The molecule has 20 heavy (non-hydrogen) atoms. The summed E-state index contributed by atoms with van der Waals surface area (Å²) in [6.45, 7) is 7.24. The van der Waals surface area contributed by atoms with E-state index < -0.39 is 5.97 Å². The van der Waals surface area contributed by atoms with Crippen molar-refractivity contribution >= 4 is 17.6 Å². The van der Waals surface area contributed by atoms with E-state index >= 15 is 0 Å². The summed E-state index contributed by atoms with van der Waals surface area (Å²) in [5.41, 5.74) is 2.37. The third kappa shape index (κ3) is 2.82. The molecule has 1 amide bonds. The Morgan fingerprint density at radius 1 is 1.35 bits per heavy atom. The van der Waals surface area contributed by atoms with Crippen LogP contribution in [0.15, 0.2) is 12.1 Å². The molecule has 0 aliphatic carbocycles. The maximum Gasteiger partial charge on any atom is 0.336 e. The third-order valence-corrected chi connectivity index (χ3v) is 4.10. The van der Waals surface area contributed by atoms with E-state index in [4.69, 9.17) is 0 Å². The molecule has 5 nitrogen and oxygen atoms in total. The average molecular weight is 276 g/mol. The first kappa shape index (κ1) is 14.5. The molecule has 0 radical (unpaired) electrons. The van der Waals surface area contributed by atoms with E-state index in [-0.39, 0.29) is 17.4 Å². The van der Waals surface area contributed by atoms with Crippen molar-refractivity contribution in [3.05, 3.63) is 28.8 Å². The van der Waals surface area contributed by atoms with Gasteiger partial charge in [-0.25, -0.2) is 4.79 Å². The molecule has 0 bridgehead atoms. The number of carbonyl (C=O) groups is 2. The van der Waals surface area contributed by atoms with Crippen LogP contribution < -0.4 is 10.6 Å². The SMILES string of the molecule is Cc1cc(NC(=O)C(C)C2CNC2)cc(C(=O)O)c1C. The molecule has 2 rings (SSSR count). The van der Waals surface area contributed by atoms with Crippen molar-refractivity contribution in [2.75, 3.05) is 18.4 Å². The topological polar surface area (TPSA) is 78.4 Å². The first-order valence-electron chi connectivity index (χ1n) is 6.76. The molecule has 1 fully saturated rings. The second kappa shape index (κ2) is 5.63. The summed E-state index contributed by atoms with van der Waals surface area (Å²) < 4.78 is 0. The first-order chi connectivity index (χ1) is 9.40. The van der Waals surface area contributed by atoms with Gasteiger partial charge in [-0.3, -0.25) is 4.79 Å². The molecule has 1 unspecified atom stereocenters. The van der Waals surface area contributed by atoms with Gasteiger partial charge in [-0.05, 0) is 56.1 Å². The number of carboxylic acids is 1. The smallest absolute Gasteiger partial charge is 0.336 e. The Balaban J connectivity index is 2.16. The minimum Gasteiger partial charge on any atom is -0.478 e. The summed E-state index contributed by atoms with van der Waals surface area (Å²) in [6, 6.07) is 3.33. The molecule has 0 spiro atoms. The summed E-state index contributed by atoms with van der Waals surface area (Å²) >= 11 is 0. The molecule has 3 N–H and O–H groups in total. The van der Waals surface area contributed by atoms with Crippen molar-refractivity contribution in [1.82, 2.24) is 5.32 Å². The van der Waals surface area contributed by atoms with Crippen LogP contribution in [0.1, 0.15) is 28.4 Å². The van der Waals surface area contributed by atoms with Crippen molar-refractivity contribution in [2.45, 2.75) is 20.8 Å². The predicted octanol–water partition coefficient (Wildman–Crippen LogP) is 1.80. The highest BCUT2D eigenvalue weighted by atomic mass is 16.4. The van der Waals surface area contributed by atoms with E-state index in [0.717, 1.165) is 24.2 Å². The van der Waals surface area contributed by atoms with Crippen molar-refractivity contribution in [3.63, 3.8) is 0 Å². The van der Waals surface area contributed by atoms with E-state index in [9.17, 15) is 14.7 Å². The van der Waals surface area contributed by atoms with Crippen LogP contribution >= 0.6 is 0 Å². The van der Waals surface area contributed by atoms with Gasteiger partial charge in [0.1, 0.15) is 0 Å². The Morgan fingerprint density at radius 3 is 2.50 bits per heavy atom. The van der Waals surface area contributed by atoms with E-state index in [1.165, 1.54) is 6.07 Å². The van der Waals surface area contributed by atoms with Gasteiger partial charge in [0, 0.05) is 11.6 Å². The summed E-state index contributed by atoms with van der Waals surface area (Å²) in [6.07, 6.45) is 0. The van der Waals surface area contributed by atoms with Gasteiger partial charge in [-0.2, -0.15) is 0 Å². The van der Waals surface area contributed by atoms with E-state index in [2.05, 4.69) is 10.6 Å². The van der Waals surface area contributed by atoms with Crippen molar-refractivity contribution < 1.29 is 14.7 Å². The van der Waals surface area contributed by atoms with Crippen LogP contribution in [0.4, 0.5) is 5.69 Å². The first-order valence-corrected chi connectivity index (χ1v) is 6.76. The number of aromatic carboxylic acids is 1. The van der Waals surface area contributed by atoms with Crippen LogP contribution in [0, 0.1) is 25.7 Å². The Labute approximate surface area is 118 Å². The third-order valence-electron chi connectivity index (χ3n) is 4.10. The fourth-order valence-corrected chi connectivity index (χ4v) is 2.29. The lowest BCUT2D eigenvalue weighted by atomic mass is 9.88. The second-order valence-electron chi connectivity index (χ2n) is 5.47. The van der Waals surface area contributed by atoms with Gasteiger partial charge >= 0.3 is 5.97 Å². The number of carboxylic acid groups (broad SMARTS) is 1. The standard InChI is InChI=1S/C15H20N2O3/c1-8-4-12(5-13(9(8)2)15(19)20)17-14(18)10(3)11-6-16-7-11/h4-5,10-11,16H,6-7H2,1-3H3,(H,17,18)(H,19,20). The number of amides is 1. The molecule has 1 heterocycles. The normalized spacial score (nSPS) is 16.4. The molecule has 108 valence electrons. The highest BCUT2D eigenvalue weighted by Crippen LogP contribution is 2.22. The van der Waals surface area contributed by atoms with Gasteiger partial charge in [0.2, 0.25) is 5.91 Å². The lowest BCUT2D eigenvalue weighted by molar-refractivity contribution is -0.121. The van der Waals surface area contributed by atoms with E-state index in [1.54, 1.807) is 6.92 Å². The number of rotatable bonds is 4. The maximum absolute atomic E-state index is 12.1. The number of benzene rings is 1. The van der Waals surface area contributed by atoms with Gasteiger partial charge in [0.15, 0.2) is 0 Å². The minimum absolute atomic E-state index is 0.0592. The van der Waals surface area contributed by atoms with Gasteiger partial charge in [-0.15, -0.1) is 0 Å². The average Bonchev–Trinajstić information content (AvgIpc) is 2.30. The molecule has 0 saturated carbocycles. The molecule has 1 atom stereocenters. The number of hydrogen-bond donors (Lipinski definition) is 3. The maximum atomic E-state index is 12.1. The lowest BCUT2D eigenvalue weighted by Crippen LogP contribution is -2.48. The number of anilines is 1. The van der Waals surface area contributed by atoms with Crippen LogP contribution in [-0.2, 0) is 4.79 Å². The highest BCUT2D eigenvalue weighted by molar-refractivity contribution is 5.96. The fourth-order valence-electron chi connectivity index (χ4n) is 2.29. The number of nitrogens with one attached hydrogen (secondary N) is 2. The Morgan fingerprint density at radius 2 is 2.00 bits per heavy atom.